The summed E-state index contributed by atoms with van der Waals surface area (Å²) in [4.78, 5) is 14.1. The molecule has 1 heterocycles. The maximum absolute atomic E-state index is 14.1. The Bertz CT molecular complexity index is 918. The molecule has 1 N–H and O–H groups in total. The molecular formula is C31H44O6. The second kappa shape index (κ2) is 11.9. The van der Waals surface area contributed by atoms with Crippen molar-refractivity contribution in [3.05, 3.63) is 47.4 Å². The number of hydrogen-bond donors (Lipinski definition) is 1. The lowest BCUT2D eigenvalue weighted by molar-refractivity contribution is -0.172. The smallest absolute Gasteiger partial charge is 0.321 e. The van der Waals surface area contributed by atoms with Crippen molar-refractivity contribution in [3.63, 3.8) is 0 Å². The van der Waals surface area contributed by atoms with Gasteiger partial charge in [-0.3, -0.25) is 4.79 Å². The summed E-state index contributed by atoms with van der Waals surface area (Å²) in [6.07, 6.45) is 8.55. The minimum Gasteiger partial charge on any atom is -0.489 e. The lowest BCUT2D eigenvalue weighted by Crippen LogP contribution is -2.53. The van der Waals surface area contributed by atoms with Gasteiger partial charge < -0.3 is 24.1 Å². The van der Waals surface area contributed by atoms with Gasteiger partial charge in [0.1, 0.15) is 18.1 Å². The van der Waals surface area contributed by atoms with Crippen molar-refractivity contribution in [1.29, 1.82) is 0 Å². The van der Waals surface area contributed by atoms with Gasteiger partial charge in [-0.25, -0.2) is 0 Å². The van der Waals surface area contributed by atoms with Gasteiger partial charge in [-0.2, -0.15) is 0 Å². The number of aliphatic hydroxyl groups is 1. The molecule has 6 heteroatoms. The number of carbonyl (C=O) groups excluding carboxylic acids is 1. The molecule has 3 unspecified atom stereocenters. The van der Waals surface area contributed by atoms with Crippen LogP contribution in [0.1, 0.15) is 76.2 Å². The lowest BCUT2D eigenvalue weighted by Gasteiger charge is -2.46. The van der Waals surface area contributed by atoms with Crippen molar-refractivity contribution in [3.8, 4) is 0 Å². The zero-order chi connectivity index (χ0) is 25.8. The standard InChI is InChI=1S/C31H44O6/c1-3-31(26(24-13-14-24)23-7-5-4-6-8-23)29(32)28(36-18-17-35-16-15-34-2)27(37-30(31)33)25(19-21-9-10-21)20-22-11-12-22/h4-8,21-22,24-26,29,32H,3,9-20H2,1-2H3. The Morgan fingerprint density at radius 2 is 1.62 bits per heavy atom. The van der Waals surface area contributed by atoms with E-state index in [1.54, 1.807) is 7.11 Å². The van der Waals surface area contributed by atoms with Crippen LogP contribution in [0.2, 0.25) is 0 Å². The normalized spacial score (nSPS) is 26.9. The molecule has 1 aromatic rings. The number of ether oxygens (including phenoxy) is 4. The molecule has 4 aliphatic rings. The average molecular weight is 513 g/mol. The first-order chi connectivity index (χ1) is 18.1. The van der Waals surface area contributed by atoms with E-state index in [-0.39, 0.29) is 17.8 Å². The Kier molecular flexibility index (Phi) is 8.57. The van der Waals surface area contributed by atoms with Gasteiger partial charge in [0.15, 0.2) is 11.5 Å². The van der Waals surface area contributed by atoms with Crippen molar-refractivity contribution < 1.29 is 28.8 Å². The van der Waals surface area contributed by atoms with Crippen molar-refractivity contribution in [2.75, 3.05) is 33.5 Å². The van der Waals surface area contributed by atoms with Crippen LogP contribution in [0.5, 0.6) is 0 Å². The molecule has 0 bridgehead atoms. The van der Waals surface area contributed by atoms with Crippen molar-refractivity contribution in [2.45, 2.75) is 76.7 Å². The Balaban J connectivity index is 1.48. The van der Waals surface area contributed by atoms with Gasteiger partial charge in [-0.1, -0.05) is 62.9 Å². The summed E-state index contributed by atoms with van der Waals surface area (Å²) >= 11 is 0. The molecular weight excluding hydrogens is 468 g/mol. The summed E-state index contributed by atoms with van der Waals surface area (Å²) in [5, 5.41) is 12.2. The molecule has 1 aromatic carbocycles. The highest BCUT2D eigenvalue weighted by molar-refractivity contribution is 5.82. The molecule has 3 atom stereocenters. The molecule has 3 saturated carbocycles. The Morgan fingerprint density at radius 3 is 2.19 bits per heavy atom. The number of benzene rings is 1. The lowest BCUT2D eigenvalue weighted by atomic mass is 9.63. The molecule has 0 radical (unpaired) electrons. The monoisotopic (exact) mass is 512 g/mol. The molecule has 3 fully saturated rings. The van der Waals surface area contributed by atoms with Crippen LogP contribution in [-0.4, -0.2) is 50.7 Å². The van der Waals surface area contributed by atoms with Gasteiger partial charge in [0.05, 0.1) is 19.8 Å². The van der Waals surface area contributed by atoms with Crippen molar-refractivity contribution in [2.24, 2.45) is 29.1 Å². The SMILES string of the molecule is CCC1(C(c2ccccc2)C2CC2)C(=O)OC(C(CC2CC2)CC2CC2)=C(OCCOCCOC)C1O. The van der Waals surface area contributed by atoms with E-state index in [9.17, 15) is 9.90 Å². The molecule has 0 aromatic heterocycles. The third-order valence-corrected chi connectivity index (χ3v) is 8.87. The topological polar surface area (TPSA) is 74.2 Å². The number of cyclic esters (lactones) is 1. The number of methoxy groups -OCH3 is 1. The zero-order valence-corrected chi connectivity index (χ0v) is 22.5. The zero-order valence-electron chi connectivity index (χ0n) is 22.5. The molecule has 0 saturated heterocycles. The molecule has 0 spiro atoms. The molecule has 1 aliphatic heterocycles. The van der Waals surface area contributed by atoms with Gasteiger partial charge in [-0.15, -0.1) is 0 Å². The van der Waals surface area contributed by atoms with E-state index in [1.165, 1.54) is 25.7 Å². The van der Waals surface area contributed by atoms with E-state index in [1.807, 2.05) is 25.1 Å². The first-order valence-corrected chi connectivity index (χ1v) is 14.5. The fourth-order valence-corrected chi connectivity index (χ4v) is 6.37. The summed E-state index contributed by atoms with van der Waals surface area (Å²) < 4.78 is 23.4. The first kappa shape index (κ1) is 26.7. The van der Waals surface area contributed by atoms with Crippen LogP contribution in [0.15, 0.2) is 41.9 Å². The van der Waals surface area contributed by atoms with Crippen LogP contribution in [0, 0.1) is 29.1 Å². The van der Waals surface area contributed by atoms with Gasteiger partial charge in [0, 0.05) is 18.9 Å². The first-order valence-electron chi connectivity index (χ1n) is 14.5. The minimum absolute atomic E-state index is 0.107. The van der Waals surface area contributed by atoms with Gasteiger partial charge in [0.2, 0.25) is 0 Å². The molecule has 6 nitrogen and oxygen atoms in total. The number of carbonyl (C=O) groups is 1. The largest absolute Gasteiger partial charge is 0.489 e. The van der Waals surface area contributed by atoms with Crippen molar-refractivity contribution in [1.82, 2.24) is 0 Å². The van der Waals surface area contributed by atoms with E-state index in [0.29, 0.717) is 62.1 Å². The third-order valence-electron chi connectivity index (χ3n) is 8.87. The maximum Gasteiger partial charge on any atom is 0.321 e. The van der Waals surface area contributed by atoms with E-state index in [4.69, 9.17) is 18.9 Å². The van der Waals surface area contributed by atoms with Crippen LogP contribution in [0.3, 0.4) is 0 Å². The highest BCUT2D eigenvalue weighted by Crippen LogP contribution is 2.59. The predicted molar refractivity (Wildman–Crippen MR) is 141 cm³/mol. The molecule has 0 amide bonds. The summed E-state index contributed by atoms with van der Waals surface area (Å²) in [6.45, 7) is 3.71. The van der Waals surface area contributed by atoms with E-state index >= 15 is 0 Å². The fourth-order valence-electron chi connectivity index (χ4n) is 6.37. The molecule has 3 aliphatic carbocycles. The molecule has 5 rings (SSSR count). The summed E-state index contributed by atoms with van der Waals surface area (Å²) in [5.41, 5.74) is 0.0307. The number of esters is 1. The number of aliphatic hydroxyl groups excluding tert-OH is 1. The van der Waals surface area contributed by atoms with Crippen LogP contribution in [0.25, 0.3) is 0 Å². The number of hydrogen-bond acceptors (Lipinski definition) is 6. The number of allylic oxidation sites excluding steroid dienone is 1. The maximum atomic E-state index is 14.1. The summed E-state index contributed by atoms with van der Waals surface area (Å²) in [5.74, 6) is 2.54. The second-order valence-electron chi connectivity index (χ2n) is 11.6. The Morgan fingerprint density at radius 1 is 0.973 bits per heavy atom. The van der Waals surface area contributed by atoms with E-state index in [0.717, 1.165) is 31.2 Å². The molecule has 204 valence electrons. The predicted octanol–water partition coefficient (Wildman–Crippen LogP) is 5.60. The average Bonchev–Trinajstić information content (AvgIpc) is 3.74. The van der Waals surface area contributed by atoms with E-state index < -0.39 is 11.5 Å². The Labute approximate surface area is 221 Å². The second-order valence-corrected chi connectivity index (χ2v) is 11.6. The summed E-state index contributed by atoms with van der Waals surface area (Å²) in [6, 6.07) is 10.2. The van der Waals surface area contributed by atoms with Crippen LogP contribution in [0.4, 0.5) is 0 Å². The summed E-state index contributed by atoms with van der Waals surface area (Å²) in [7, 11) is 1.65. The van der Waals surface area contributed by atoms with Crippen LogP contribution in [-0.2, 0) is 23.7 Å². The van der Waals surface area contributed by atoms with Gasteiger partial charge in [-0.05, 0) is 55.4 Å². The van der Waals surface area contributed by atoms with Gasteiger partial charge in [0.25, 0.3) is 0 Å². The highest BCUT2D eigenvalue weighted by atomic mass is 16.6. The highest BCUT2D eigenvalue weighted by Gasteiger charge is 2.61. The van der Waals surface area contributed by atoms with E-state index in [2.05, 4.69) is 12.1 Å². The third kappa shape index (κ3) is 6.07. The minimum atomic E-state index is -1.07. The number of rotatable bonds is 16. The Hall–Kier alpha value is -1.89. The van der Waals surface area contributed by atoms with Crippen LogP contribution < -0.4 is 0 Å². The molecule has 37 heavy (non-hydrogen) atoms. The van der Waals surface area contributed by atoms with Crippen LogP contribution >= 0.6 is 0 Å². The van der Waals surface area contributed by atoms with Crippen molar-refractivity contribution >= 4 is 5.97 Å². The quantitative estimate of drug-likeness (QED) is 0.230. The fraction of sp³-hybridized carbons (Fsp3) is 0.710. The van der Waals surface area contributed by atoms with Gasteiger partial charge >= 0.3 is 5.97 Å².